The van der Waals surface area contributed by atoms with Gasteiger partial charge in [-0.2, -0.15) is 0 Å². The molecule has 1 saturated carbocycles. The normalized spacial score (nSPS) is 20.9. The molecule has 0 radical (unpaired) electrons. The van der Waals surface area contributed by atoms with Gasteiger partial charge in [0.25, 0.3) is 0 Å². The first-order valence-electron chi connectivity index (χ1n) is 6.53. The molecule has 1 aliphatic carbocycles. The van der Waals surface area contributed by atoms with Gasteiger partial charge >= 0.3 is 0 Å². The Morgan fingerprint density at radius 3 is 2.25 bits per heavy atom. The summed E-state index contributed by atoms with van der Waals surface area (Å²) in [6, 6.07) is 8.87. The molecular weight excluding hydrogens is 194 g/mol. The summed E-state index contributed by atoms with van der Waals surface area (Å²) in [4.78, 5) is 0. The van der Waals surface area contributed by atoms with Crippen LogP contribution >= 0.6 is 0 Å². The van der Waals surface area contributed by atoms with E-state index in [-0.39, 0.29) is 5.54 Å². The first kappa shape index (κ1) is 11.7. The van der Waals surface area contributed by atoms with Crippen molar-refractivity contribution in [1.82, 2.24) is 0 Å². The van der Waals surface area contributed by atoms with Crippen LogP contribution in [0.3, 0.4) is 0 Å². The van der Waals surface area contributed by atoms with Crippen molar-refractivity contribution in [2.24, 2.45) is 11.7 Å². The van der Waals surface area contributed by atoms with Crippen molar-refractivity contribution < 1.29 is 0 Å². The van der Waals surface area contributed by atoms with Crippen molar-refractivity contribution in [2.45, 2.75) is 51.5 Å². The van der Waals surface area contributed by atoms with E-state index in [0.717, 1.165) is 6.42 Å². The van der Waals surface area contributed by atoms with Gasteiger partial charge in [0.05, 0.1) is 0 Å². The predicted molar refractivity (Wildman–Crippen MR) is 69.3 cm³/mol. The Labute approximate surface area is 99.0 Å². The van der Waals surface area contributed by atoms with E-state index in [1.165, 1.54) is 36.8 Å². The third-order valence-corrected chi connectivity index (χ3v) is 4.19. The summed E-state index contributed by atoms with van der Waals surface area (Å²) in [5, 5.41) is 0. The third kappa shape index (κ3) is 2.15. The molecule has 0 saturated heterocycles. The Morgan fingerprint density at radius 1 is 1.19 bits per heavy atom. The molecule has 2 rings (SSSR count). The molecule has 1 unspecified atom stereocenters. The van der Waals surface area contributed by atoms with Gasteiger partial charge in [0.2, 0.25) is 0 Å². The zero-order valence-electron chi connectivity index (χ0n) is 10.5. The Hall–Kier alpha value is -0.820. The monoisotopic (exact) mass is 217 g/mol. The highest BCUT2D eigenvalue weighted by Gasteiger charge is 2.33. The molecule has 0 aliphatic heterocycles. The van der Waals surface area contributed by atoms with Crippen LogP contribution in [0.2, 0.25) is 0 Å². The minimum atomic E-state index is -0.136. The number of benzene rings is 1. The van der Waals surface area contributed by atoms with Crippen molar-refractivity contribution in [3.05, 3.63) is 35.4 Å². The zero-order valence-corrected chi connectivity index (χ0v) is 10.5. The molecule has 1 nitrogen and oxygen atoms in total. The van der Waals surface area contributed by atoms with Crippen LogP contribution < -0.4 is 5.73 Å². The molecular formula is C15H23N. The number of nitrogens with two attached hydrogens (primary N) is 1. The Morgan fingerprint density at radius 2 is 1.75 bits per heavy atom. The van der Waals surface area contributed by atoms with E-state index in [0.29, 0.717) is 5.92 Å². The lowest BCUT2D eigenvalue weighted by Crippen LogP contribution is -2.40. The first-order chi connectivity index (χ1) is 7.64. The van der Waals surface area contributed by atoms with E-state index in [2.05, 4.69) is 38.1 Å². The molecule has 1 aromatic rings. The Balaban J connectivity index is 2.20. The van der Waals surface area contributed by atoms with Crippen LogP contribution in [0.25, 0.3) is 0 Å². The molecule has 16 heavy (non-hydrogen) atoms. The quantitative estimate of drug-likeness (QED) is 0.822. The minimum Gasteiger partial charge on any atom is -0.321 e. The van der Waals surface area contributed by atoms with Gasteiger partial charge in [-0.05, 0) is 43.2 Å². The van der Waals surface area contributed by atoms with Gasteiger partial charge in [-0.1, -0.05) is 44.0 Å². The van der Waals surface area contributed by atoms with Crippen LogP contribution in [0.1, 0.15) is 50.7 Å². The largest absolute Gasteiger partial charge is 0.321 e. The number of hydrogen-bond acceptors (Lipinski definition) is 1. The molecule has 0 heterocycles. The SMILES string of the molecule is CCc1ccc(C(C)(N)C2CCCC2)cc1. The van der Waals surface area contributed by atoms with Gasteiger partial charge in [0.1, 0.15) is 0 Å². The maximum atomic E-state index is 6.53. The predicted octanol–water partition coefficient (Wildman–Crippen LogP) is 3.61. The van der Waals surface area contributed by atoms with Crippen LogP contribution in [0.4, 0.5) is 0 Å². The fourth-order valence-corrected chi connectivity index (χ4v) is 2.86. The van der Waals surface area contributed by atoms with E-state index in [9.17, 15) is 0 Å². The molecule has 1 heteroatoms. The minimum absolute atomic E-state index is 0.136. The van der Waals surface area contributed by atoms with Crippen LogP contribution in [0, 0.1) is 5.92 Å². The van der Waals surface area contributed by atoms with Crippen LogP contribution in [0.15, 0.2) is 24.3 Å². The third-order valence-electron chi connectivity index (χ3n) is 4.19. The van der Waals surface area contributed by atoms with Gasteiger partial charge in [-0.15, -0.1) is 0 Å². The van der Waals surface area contributed by atoms with Crippen molar-refractivity contribution >= 4 is 0 Å². The maximum Gasteiger partial charge on any atom is 0.0409 e. The smallest absolute Gasteiger partial charge is 0.0409 e. The second-order valence-electron chi connectivity index (χ2n) is 5.31. The maximum absolute atomic E-state index is 6.53. The summed E-state index contributed by atoms with van der Waals surface area (Å²) in [7, 11) is 0. The van der Waals surface area contributed by atoms with Crippen molar-refractivity contribution in [1.29, 1.82) is 0 Å². The van der Waals surface area contributed by atoms with Crippen molar-refractivity contribution in [3.63, 3.8) is 0 Å². The van der Waals surface area contributed by atoms with Gasteiger partial charge < -0.3 is 5.73 Å². The highest BCUT2D eigenvalue weighted by molar-refractivity contribution is 5.28. The van der Waals surface area contributed by atoms with E-state index in [1.807, 2.05) is 0 Å². The molecule has 1 atom stereocenters. The van der Waals surface area contributed by atoms with Crippen LogP contribution in [0.5, 0.6) is 0 Å². The lowest BCUT2D eigenvalue weighted by atomic mass is 9.79. The highest BCUT2D eigenvalue weighted by Crippen LogP contribution is 2.38. The molecule has 0 bridgehead atoms. The average molecular weight is 217 g/mol. The van der Waals surface area contributed by atoms with E-state index in [4.69, 9.17) is 5.73 Å². The van der Waals surface area contributed by atoms with Gasteiger partial charge in [0, 0.05) is 5.54 Å². The summed E-state index contributed by atoms with van der Waals surface area (Å²) in [6.07, 6.45) is 6.39. The van der Waals surface area contributed by atoms with Crippen molar-refractivity contribution in [2.75, 3.05) is 0 Å². The van der Waals surface area contributed by atoms with Crippen molar-refractivity contribution in [3.8, 4) is 0 Å². The molecule has 88 valence electrons. The number of aryl methyl sites for hydroxylation is 1. The fourth-order valence-electron chi connectivity index (χ4n) is 2.86. The molecule has 0 aromatic heterocycles. The lowest BCUT2D eigenvalue weighted by molar-refractivity contribution is 0.307. The summed E-state index contributed by atoms with van der Waals surface area (Å²) in [5.41, 5.74) is 9.10. The fraction of sp³-hybridized carbons (Fsp3) is 0.600. The lowest BCUT2D eigenvalue weighted by Gasteiger charge is -2.32. The summed E-state index contributed by atoms with van der Waals surface area (Å²) >= 11 is 0. The zero-order chi connectivity index (χ0) is 11.6. The van der Waals surface area contributed by atoms with Gasteiger partial charge in [0.15, 0.2) is 0 Å². The Bertz CT molecular complexity index is 331. The molecule has 1 aromatic carbocycles. The molecule has 0 amide bonds. The summed E-state index contributed by atoms with van der Waals surface area (Å²) < 4.78 is 0. The van der Waals surface area contributed by atoms with Gasteiger partial charge in [-0.3, -0.25) is 0 Å². The average Bonchev–Trinajstić information content (AvgIpc) is 2.83. The topological polar surface area (TPSA) is 26.0 Å². The van der Waals surface area contributed by atoms with Gasteiger partial charge in [-0.25, -0.2) is 0 Å². The van der Waals surface area contributed by atoms with E-state index < -0.39 is 0 Å². The molecule has 2 N–H and O–H groups in total. The second-order valence-corrected chi connectivity index (χ2v) is 5.31. The highest BCUT2D eigenvalue weighted by atomic mass is 14.7. The summed E-state index contributed by atoms with van der Waals surface area (Å²) in [5.74, 6) is 0.667. The Kier molecular flexibility index (Phi) is 3.34. The molecule has 1 aliphatic rings. The molecule has 0 spiro atoms. The standard InChI is InChI=1S/C15H23N/c1-3-12-8-10-14(11-9-12)15(2,16)13-6-4-5-7-13/h8-11,13H,3-7,16H2,1-2H3. The van der Waals surface area contributed by atoms with Crippen LogP contribution in [-0.2, 0) is 12.0 Å². The van der Waals surface area contributed by atoms with E-state index >= 15 is 0 Å². The first-order valence-corrected chi connectivity index (χ1v) is 6.53. The molecule has 1 fully saturated rings. The number of hydrogen-bond donors (Lipinski definition) is 1. The summed E-state index contributed by atoms with van der Waals surface area (Å²) in [6.45, 7) is 4.39. The number of rotatable bonds is 3. The van der Waals surface area contributed by atoms with Crippen LogP contribution in [-0.4, -0.2) is 0 Å². The second kappa shape index (κ2) is 4.58. The van der Waals surface area contributed by atoms with E-state index in [1.54, 1.807) is 0 Å².